The van der Waals surface area contributed by atoms with Crippen LogP contribution in [0.15, 0.2) is 0 Å². The van der Waals surface area contributed by atoms with Gasteiger partial charge in [-0.2, -0.15) is 0 Å². The lowest BCUT2D eigenvalue weighted by Gasteiger charge is -2.21. The maximum atomic E-state index is 13.1. The fraction of sp³-hybridized carbons (Fsp3) is 0.951. The molecule has 17 nitrogen and oxygen atoms in total. The molecule has 0 saturated heterocycles. The Labute approximate surface area is 619 Å². The van der Waals surface area contributed by atoms with E-state index in [-0.39, 0.29) is 25.7 Å². The maximum absolute atomic E-state index is 13.1. The molecule has 4 unspecified atom stereocenters. The van der Waals surface area contributed by atoms with Crippen LogP contribution in [0.2, 0.25) is 0 Å². The van der Waals surface area contributed by atoms with Crippen LogP contribution >= 0.6 is 15.6 Å². The number of unbranched alkanes of at least 4 members (excludes halogenated alkanes) is 49. The zero-order chi connectivity index (χ0) is 74.2. The Morgan fingerprint density at radius 3 is 0.703 bits per heavy atom. The zero-order valence-electron chi connectivity index (χ0n) is 66.2. The Hall–Kier alpha value is -1.94. The Balaban J connectivity index is 5.26. The van der Waals surface area contributed by atoms with Crippen LogP contribution < -0.4 is 0 Å². The molecule has 7 atom stereocenters. The Morgan fingerprint density at radius 1 is 0.277 bits per heavy atom. The maximum Gasteiger partial charge on any atom is 0.472 e. The van der Waals surface area contributed by atoms with Crippen LogP contribution in [0.4, 0.5) is 0 Å². The first-order chi connectivity index (χ1) is 48.9. The molecular weight excluding hydrogens is 1320 g/mol. The van der Waals surface area contributed by atoms with Crippen LogP contribution in [0.3, 0.4) is 0 Å². The van der Waals surface area contributed by atoms with E-state index in [1.54, 1.807) is 0 Å². The predicted molar refractivity (Wildman–Crippen MR) is 414 cm³/mol. The molecule has 19 heteroatoms. The quantitative estimate of drug-likeness (QED) is 0.0222. The van der Waals surface area contributed by atoms with Gasteiger partial charge in [-0.3, -0.25) is 37.3 Å². The van der Waals surface area contributed by atoms with E-state index in [4.69, 9.17) is 37.0 Å². The van der Waals surface area contributed by atoms with Gasteiger partial charge in [0.2, 0.25) is 0 Å². The summed E-state index contributed by atoms with van der Waals surface area (Å²) in [5.41, 5.74) is 0. The Kier molecular flexibility index (Phi) is 72.2. The molecule has 0 saturated carbocycles. The van der Waals surface area contributed by atoms with Gasteiger partial charge in [-0.15, -0.1) is 0 Å². The number of hydrogen-bond acceptors (Lipinski definition) is 15. The van der Waals surface area contributed by atoms with Crippen molar-refractivity contribution in [3.8, 4) is 0 Å². The van der Waals surface area contributed by atoms with E-state index in [0.717, 1.165) is 102 Å². The minimum Gasteiger partial charge on any atom is -0.462 e. The number of rotatable bonds is 81. The number of phosphoric ester groups is 2. The SMILES string of the molecule is CCCCCCCCCCCCCCCCCCCCCC(=O)O[C@H](COC(=O)CCCCCCCCCCCCCCCCCC)COP(=O)(O)OC[C@@H](O)COP(=O)(O)OC[C@@H](COC(=O)CCCCCCCCCCC(C)CC)OC(=O)CCCCCCCCCCCCC(C)CC. The average Bonchev–Trinajstić information content (AvgIpc) is 1.19. The molecule has 600 valence electrons. The van der Waals surface area contributed by atoms with Gasteiger partial charge < -0.3 is 33.8 Å². The molecule has 0 aromatic carbocycles. The van der Waals surface area contributed by atoms with E-state index in [1.165, 1.54) is 250 Å². The van der Waals surface area contributed by atoms with Gasteiger partial charge in [0, 0.05) is 25.7 Å². The number of hydrogen-bond donors (Lipinski definition) is 3. The third-order valence-electron chi connectivity index (χ3n) is 19.9. The topological polar surface area (TPSA) is 237 Å². The van der Waals surface area contributed by atoms with Crippen LogP contribution in [0.5, 0.6) is 0 Å². The summed E-state index contributed by atoms with van der Waals surface area (Å²) in [5.74, 6) is -0.526. The van der Waals surface area contributed by atoms with E-state index in [0.29, 0.717) is 25.7 Å². The molecule has 0 aliphatic rings. The largest absolute Gasteiger partial charge is 0.472 e. The van der Waals surface area contributed by atoms with Gasteiger partial charge >= 0.3 is 39.5 Å². The second kappa shape index (κ2) is 73.6. The predicted octanol–water partition coefficient (Wildman–Crippen LogP) is 24.7. The number of carbonyl (C=O) groups excluding carboxylic acids is 4. The van der Waals surface area contributed by atoms with Crippen molar-refractivity contribution in [2.75, 3.05) is 39.6 Å². The molecule has 0 heterocycles. The highest BCUT2D eigenvalue weighted by molar-refractivity contribution is 7.47. The van der Waals surface area contributed by atoms with Gasteiger partial charge in [-0.05, 0) is 37.5 Å². The minimum atomic E-state index is -4.96. The molecular formula is C82H160O17P2. The number of aliphatic hydroxyl groups is 1. The zero-order valence-corrected chi connectivity index (χ0v) is 68.0. The van der Waals surface area contributed by atoms with E-state index < -0.39 is 97.5 Å². The smallest absolute Gasteiger partial charge is 0.462 e. The monoisotopic (exact) mass is 1480 g/mol. The highest BCUT2D eigenvalue weighted by Crippen LogP contribution is 2.45. The Morgan fingerprint density at radius 2 is 0.475 bits per heavy atom. The van der Waals surface area contributed by atoms with Gasteiger partial charge in [0.15, 0.2) is 12.2 Å². The van der Waals surface area contributed by atoms with Crippen molar-refractivity contribution in [3.63, 3.8) is 0 Å². The van der Waals surface area contributed by atoms with Gasteiger partial charge in [0.25, 0.3) is 0 Å². The first kappa shape index (κ1) is 99.1. The first-order valence-corrected chi connectivity index (χ1v) is 45.6. The molecule has 0 amide bonds. The molecule has 0 fully saturated rings. The summed E-state index contributed by atoms with van der Waals surface area (Å²) in [6.07, 6.45) is 63.7. The molecule has 3 N–H and O–H groups in total. The first-order valence-electron chi connectivity index (χ1n) is 42.6. The van der Waals surface area contributed by atoms with Crippen molar-refractivity contribution in [1.29, 1.82) is 0 Å². The van der Waals surface area contributed by atoms with E-state index >= 15 is 0 Å². The van der Waals surface area contributed by atoms with Crippen molar-refractivity contribution >= 4 is 39.5 Å². The van der Waals surface area contributed by atoms with E-state index in [9.17, 15) is 43.2 Å². The molecule has 0 bridgehead atoms. The lowest BCUT2D eigenvalue weighted by molar-refractivity contribution is -0.161. The summed E-state index contributed by atoms with van der Waals surface area (Å²) in [6, 6.07) is 0. The number of esters is 4. The normalized spacial score (nSPS) is 14.4. The summed E-state index contributed by atoms with van der Waals surface area (Å²) >= 11 is 0. The second-order valence-corrected chi connectivity index (χ2v) is 32.9. The third kappa shape index (κ3) is 73.4. The number of ether oxygens (including phenoxy) is 4. The third-order valence-corrected chi connectivity index (χ3v) is 21.8. The summed E-state index contributed by atoms with van der Waals surface area (Å²) in [4.78, 5) is 73.1. The minimum absolute atomic E-state index is 0.106. The van der Waals surface area contributed by atoms with Crippen molar-refractivity contribution in [2.45, 2.75) is 452 Å². The van der Waals surface area contributed by atoms with Gasteiger partial charge in [-0.1, -0.05) is 382 Å². The fourth-order valence-electron chi connectivity index (χ4n) is 12.6. The van der Waals surface area contributed by atoms with Crippen LogP contribution in [0.1, 0.15) is 433 Å². The van der Waals surface area contributed by atoms with Crippen molar-refractivity contribution in [1.82, 2.24) is 0 Å². The van der Waals surface area contributed by atoms with Crippen molar-refractivity contribution in [3.05, 3.63) is 0 Å². The standard InChI is InChI=1S/C82H160O17P2/c1-7-11-13-15-17-19-21-23-25-27-28-29-31-33-35-40-48-54-60-66-81(86)98-77(70-92-79(84)64-58-52-46-39-34-32-30-26-24-22-20-18-16-14-12-8-2)72-96-100(88,89)94-68-76(83)69-95-101(90,91)97-73-78(71-93-80(85)65-59-53-47-43-42-45-51-57-63-75(6)10-4)99-82(87)67-61-55-49-41-37-36-38-44-50-56-62-74(5)9-3/h74-78,83H,7-73H2,1-6H3,(H,88,89)(H,90,91)/t74?,75?,76-,77-,78-/m1/s1. The lowest BCUT2D eigenvalue weighted by Crippen LogP contribution is -2.30. The van der Waals surface area contributed by atoms with E-state index in [1.807, 2.05) is 0 Å². The lowest BCUT2D eigenvalue weighted by atomic mass is 9.99. The Bertz CT molecular complexity index is 1950. The summed E-state index contributed by atoms with van der Waals surface area (Å²) < 4.78 is 68.8. The van der Waals surface area contributed by atoms with Gasteiger partial charge in [0.1, 0.15) is 19.3 Å². The highest BCUT2D eigenvalue weighted by Gasteiger charge is 2.30. The van der Waals surface area contributed by atoms with Crippen molar-refractivity contribution in [2.24, 2.45) is 11.8 Å². The number of aliphatic hydroxyl groups excluding tert-OH is 1. The summed E-state index contributed by atoms with van der Waals surface area (Å²) in [6.45, 7) is 9.67. The van der Waals surface area contributed by atoms with Crippen LogP contribution in [0.25, 0.3) is 0 Å². The van der Waals surface area contributed by atoms with Gasteiger partial charge in [-0.25, -0.2) is 9.13 Å². The van der Waals surface area contributed by atoms with Crippen LogP contribution in [-0.4, -0.2) is 96.7 Å². The van der Waals surface area contributed by atoms with E-state index in [2.05, 4.69) is 41.5 Å². The summed E-state index contributed by atoms with van der Waals surface area (Å²) in [7, 11) is -9.92. The molecule has 0 radical (unpaired) electrons. The fourth-order valence-corrected chi connectivity index (χ4v) is 14.2. The molecule has 0 aliphatic carbocycles. The molecule has 0 rings (SSSR count). The molecule has 101 heavy (non-hydrogen) atoms. The van der Waals surface area contributed by atoms with Gasteiger partial charge in [0.05, 0.1) is 26.4 Å². The van der Waals surface area contributed by atoms with Crippen LogP contribution in [0, 0.1) is 11.8 Å². The highest BCUT2D eigenvalue weighted by atomic mass is 31.2. The molecule has 0 aromatic rings. The number of phosphoric acid groups is 2. The van der Waals surface area contributed by atoms with Crippen molar-refractivity contribution < 1.29 is 80.2 Å². The van der Waals surface area contributed by atoms with Crippen LogP contribution in [-0.2, 0) is 65.4 Å². The summed E-state index contributed by atoms with van der Waals surface area (Å²) in [5, 5.41) is 10.7. The molecule has 0 spiro atoms. The molecule has 0 aromatic heterocycles. The number of carbonyl (C=O) groups is 4. The molecule has 0 aliphatic heterocycles. The average molecular weight is 1480 g/mol. The second-order valence-electron chi connectivity index (χ2n) is 30.0.